The molecule has 0 amide bonds. The van der Waals surface area contributed by atoms with Crippen molar-refractivity contribution in [3.8, 4) is 11.5 Å². The van der Waals surface area contributed by atoms with Crippen LogP contribution in [0.2, 0.25) is 0 Å². The smallest absolute Gasteiger partial charge is 0.161 e. The third-order valence-electron chi connectivity index (χ3n) is 4.47. The predicted octanol–water partition coefficient (Wildman–Crippen LogP) is 2.95. The normalized spacial score (nSPS) is 28.8. The van der Waals surface area contributed by atoms with Gasteiger partial charge in [0, 0.05) is 6.04 Å². The van der Waals surface area contributed by atoms with E-state index in [1.165, 1.54) is 18.4 Å². The minimum Gasteiger partial charge on any atom is -0.486 e. The Morgan fingerprint density at radius 3 is 2.68 bits per heavy atom. The van der Waals surface area contributed by atoms with Crippen LogP contribution in [0.4, 0.5) is 0 Å². The maximum absolute atomic E-state index is 5.69. The summed E-state index contributed by atoms with van der Waals surface area (Å²) in [6.45, 7) is 6.87. The van der Waals surface area contributed by atoms with Crippen molar-refractivity contribution in [1.82, 2.24) is 5.32 Å². The van der Waals surface area contributed by atoms with Crippen molar-refractivity contribution >= 4 is 0 Å². The van der Waals surface area contributed by atoms with Gasteiger partial charge in [-0.15, -0.1) is 0 Å². The lowest BCUT2D eigenvalue weighted by atomic mass is 9.65. The summed E-state index contributed by atoms with van der Waals surface area (Å²) in [5.41, 5.74) is 1.41. The lowest BCUT2D eigenvalue weighted by Gasteiger charge is -2.45. The quantitative estimate of drug-likeness (QED) is 0.904. The van der Waals surface area contributed by atoms with Crippen molar-refractivity contribution < 1.29 is 9.47 Å². The van der Waals surface area contributed by atoms with Crippen LogP contribution in [0.15, 0.2) is 18.2 Å². The fraction of sp³-hybridized carbons (Fsp3) is 0.625. The van der Waals surface area contributed by atoms with Gasteiger partial charge in [0.25, 0.3) is 0 Å². The van der Waals surface area contributed by atoms with E-state index >= 15 is 0 Å². The fourth-order valence-corrected chi connectivity index (χ4v) is 3.45. The molecule has 1 fully saturated rings. The molecule has 104 valence electrons. The Bertz CT molecular complexity index is 446. The summed E-state index contributed by atoms with van der Waals surface area (Å²) in [4.78, 5) is 0. The molecule has 0 saturated heterocycles. The second-order valence-corrected chi connectivity index (χ2v) is 5.48. The van der Waals surface area contributed by atoms with Gasteiger partial charge in [0.2, 0.25) is 0 Å². The van der Waals surface area contributed by atoms with Crippen molar-refractivity contribution in [3.63, 3.8) is 0 Å². The van der Waals surface area contributed by atoms with E-state index in [-0.39, 0.29) is 0 Å². The average Bonchev–Trinajstić information content (AvgIpc) is 2.43. The van der Waals surface area contributed by atoms with E-state index in [4.69, 9.17) is 9.47 Å². The van der Waals surface area contributed by atoms with Gasteiger partial charge in [-0.25, -0.2) is 0 Å². The molecule has 0 bridgehead atoms. The van der Waals surface area contributed by atoms with Crippen LogP contribution in [-0.2, 0) is 0 Å². The lowest BCUT2D eigenvalue weighted by Crippen LogP contribution is -2.48. The zero-order valence-corrected chi connectivity index (χ0v) is 11.8. The zero-order valence-electron chi connectivity index (χ0n) is 11.8. The lowest BCUT2D eigenvalue weighted by molar-refractivity contribution is 0.158. The number of benzene rings is 1. The van der Waals surface area contributed by atoms with Crippen LogP contribution in [0, 0.1) is 5.92 Å². The van der Waals surface area contributed by atoms with E-state index in [2.05, 4.69) is 37.4 Å². The molecule has 0 radical (unpaired) electrons. The molecule has 1 heterocycles. The third kappa shape index (κ3) is 2.32. The summed E-state index contributed by atoms with van der Waals surface area (Å²) in [5.74, 6) is 3.24. The van der Waals surface area contributed by atoms with Crippen molar-refractivity contribution in [1.29, 1.82) is 0 Å². The highest BCUT2D eigenvalue weighted by molar-refractivity contribution is 5.45. The molecule has 2 aliphatic rings. The first-order chi connectivity index (χ1) is 9.33. The Labute approximate surface area is 115 Å². The molecule has 1 saturated carbocycles. The molecule has 3 atom stereocenters. The third-order valence-corrected chi connectivity index (χ3v) is 4.47. The molecule has 1 aromatic rings. The summed E-state index contributed by atoms with van der Waals surface area (Å²) >= 11 is 0. The second-order valence-electron chi connectivity index (χ2n) is 5.48. The standard InChI is InChI=1S/C16H23NO2/c1-3-12-13(10-14(12)17-4-2)11-5-6-15-16(9-11)19-8-7-18-15/h5-6,9,12-14,17H,3-4,7-8,10H2,1-2H3. The van der Waals surface area contributed by atoms with Crippen LogP contribution in [0.3, 0.4) is 0 Å². The Kier molecular flexibility index (Phi) is 3.65. The Morgan fingerprint density at radius 2 is 1.95 bits per heavy atom. The van der Waals surface area contributed by atoms with Crippen LogP contribution >= 0.6 is 0 Å². The monoisotopic (exact) mass is 261 g/mol. The van der Waals surface area contributed by atoms with Crippen molar-refractivity contribution in [2.24, 2.45) is 5.92 Å². The highest BCUT2D eigenvalue weighted by atomic mass is 16.6. The molecule has 3 unspecified atom stereocenters. The van der Waals surface area contributed by atoms with Gasteiger partial charge in [0.15, 0.2) is 11.5 Å². The highest BCUT2D eigenvalue weighted by Gasteiger charge is 2.40. The number of nitrogens with one attached hydrogen (secondary N) is 1. The first-order valence-corrected chi connectivity index (χ1v) is 7.46. The first kappa shape index (κ1) is 12.8. The van der Waals surface area contributed by atoms with Gasteiger partial charge in [-0.3, -0.25) is 0 Å². The molecule has 0 aromatic heterocycles. The van der Waals surface area contributed by atoms with Gasteiger partial charge in [-0.05, 0) is 42.5 Å². The molecule has 3 heteroatoms. The fourth-order valence-electron chi connectivity index (χ4n) is 3.45. The summed E-state index contributed by atoms with van der Waals surface area (Å²) < 4.78 is 11.3. The largest absolute Gasteiger partial charge is 0.486 e. The van der Waals surface area contributed by atoms with Gasteiger partial charge in [0.05, 0.1) is 0 Å². The number of rotatable bonds is 4. The maximum Gasteiger partial charge on any atom is 0.161 e. The summed E-state index contributed by atoms with van der Waals surface area (Å²) in [7, 11) is 0. The van der Waals surface area contributed by atoms with E-state index in [0.717, 1.165) is 24.0 Å². The van der Waals surface area contributed by atoms with Crippen LogP contribution in [-0.4, -0.2) is 25.8 Å². The van der Waals surface area contributed by atoms with Crippen LogP contribution in [0.25, 0.3) is 0 Å². The van der Waals surface area contributed by atoms with E-state index in [1.54, 1.807) is 0 Å². The van der Waals surface area contributed by atoms with E-state index in [1.807, 2.05) is 0 Å². The zero-order chi connectivity index (χ0) is 13.2. The summed E-state index contributed by atoms with van der Waals surface area (Å²) in [6.07, 6.45) is 2.47. The van der Waals surface area contributed by atoms with Crippen molar-refractivity contribution in [2.75, 3.05) is 19.8 Å². The predicted molar refractivity (Wildman–Crippen MR) is 76.0 cm³/mol. The van der Waals surface area contributed by atoms with E-state index < -0.39 is 0 Å². The van der Waals surface area contributed by atoms with Crippen LogP contribution in [0.1, 0.15) is 38.2 Å². The van der Waals surface area contributed by atoms with Gasteiger partial charge >= 0.3 is 0 Å². The van der Waals surface area contributed by atoms with E-state index in [0.29, 0.717) is 25.2 Å². The Balaban J connectivity index is 1.76. The van der Waals surface area contributed by atoms with Crippen LogP contribution < -0.4 is 14.8 Å². The first-order valence-electron chi connectivity index (χ1n) is 7.46. The molecule has 1 aliphatic heterocycles. The highest BCUT2D eigenvalue weighted by Crippen LogP contribution is 2.46. The molecule has 0 spiro atoms. The number of fused-ring (bicyclic) bond motifs is 1. The number of hydrogen-bond donors (Lipinski definition) is 1. The topological polar surface area (TPSA) is 30.5 Å². The van der Waals surface area contributed by atoms with Gasteiger partial charge in [-0.2, -0.15) is 0 Å². The molecule has 1 N–H and O–H groups in total. The number of ether oxygens (including phenoxy) is 2. The Hall–Kier alpha value is -1.22. The minimum atomic E-state index is 0.663. The molecular formula is C16H23NO2. The van der Waals surface area contributed by atoms with Crippen LogP contribution in [0.5, 0.6) is 11.5 Å². The molecule has 1 aliphatic carbocycles. The summed E-state index contributed by atoms with van der Waals surface area (Å²) in [5, 5.41) is 3.59. The Morgan fingerprint density at radius 1 is 1.16 bits per heavy atom. The number of hydrogen-bond acceptors (Lipinski definition) is 3. The maximum atomic E-state index is 5.69. The minimum absolute atomic E-state index is 0.663. The van der Waals surface area contributed by atoms with Gasteiger partial charge in [0.1, 0.15) is 13.2 Å². The SMILES string of the molecule is CCNC1CC(c2ccc3c(c2)OCCO3)C1CC. The summed E-state index contributed by atoms with van der Waals surface area (Å²) in [6, 6.07) is 7.15. The van der Waals surface area contributed by atoms with Gasteiger partial charge in [-0.1, -0.05) is 26.3 Å². The molecule has 3 rings (SSSR count). The second kappa shape index (κ2) is 5.41. The molecule has 1 aromatic carbocycles. The molecule has 19 heavy (non-hydrogen) atoms. The molecule has 3 nitrogen and oxygen atoms in total. The molecular weight excluding hydrogens is 238 g/mol. The average molecular weight is 261 g/mol. The van der Waals surface area contributed by atoms with E-state index in [9.17, 15) is 0 Å². The van der Waals surface area contributed by atoms with Crippen molar-refractivity contribution in [3.05, 3.63) is 23.8 Å². The van der Waals surface area contributed by atoms with Crippen molar-refractivity contribution in [2.45, 2.75) is 38.6 Å². The van der Waals surface area contributed by atoms with Gasteiger partial charge < -0.3 is 14.8 Å².